The lowest BCUT2D eigenvalue weighted by molar-refractivity contribution is 0.101. The molecule has 2 aromatic rings. The Morgan fingerprint density at radius 2 is 1.74 bits per heavy atom. The van der Waals surface area contributed by atoms with Crippen molar-refractivity contribution in [3.63, 3.8) is 0 Å². The van der Waals surface area contributed by atoms with E-state index in [0.717, 1.165) is 23.1 Å². The number of hydrogen-bond acceptors (Lipinski definition) is 4. The van der Waals surface area contributed by atoms with Gasteiger partial charge >= 0.3 is 0 Å². The summed E-state index contributed by atoms with van der Waals surface area (Å²) >= 11 is 3.41. The number of nitrogens with zero attached hydrogens (tertiary/aromatic N) is 1. The molecule has 2 aliphatic rings. The molecule has 1 N–H and O–H groups in total. The number of phenols is 1. The van der Waals surface area contributed by atoms with E-state index in [2.05, 4.69) is 20.8 Å². The number of phenolic OH excluding ortho intramolecular Hbond substituents is 1. The Labute approximate surface area is 167 Å². The van der Waals surface area contributed by atoms with Gasteiger partial charge in [0, 0.05) is 11.0 Å². The fourth-order valence-corrected chi connectivity index (χ4v) is 3.94. The van der Waals surface area contributed by atoms with E-state index >= 15 is 0 Å². The highest BCUT2D eigenvalue weighted by Crippen LogP contribution is 2.40. The minimum atomic E-state index is -0.134. The topological polar surface area (TPSA) is 49.8 Å². The van der Waals surface area contributed by atoms with Crippen LogP contribution >= 0.6 is 15.9 Å². The molecule has 27 heavy (non-hydrogen) atoms. The number of carbonyl (C=O) groups is 1. The summed E-state index contributed by atoms with van der Waals surface area (Å²) in [5, 5.41) is 10.4. The molecule has 0 unspecified atom stereocenters. The molecule has 2 aliphatic heterocycles. The van der Waals surface area contributed by atoms with Crippen LogP contribution < -0.4 is 4.74 Å². The summed E-state index contributed by atoms with van der Waals surface area (Å²) in [6.45, 7) is 2.63. The number of aromatic hydroxyl groups is 1. The number of ketones is 1. The molecule has 2 heterocycles. The smallest absolute Gasteiger partial charge is 0.231 e. The molecule has 0 bridgehead atoms. The number of allylic oxidation sites excluding steroid dienone is 1. The highest BCUT2D eigenvalue weighted by atomic mass is 79.9. The average Bonchev–Trinajstić information content (AvgIpc) is 2.84. The maximum absolute atomic E-state index is 12.8. The van der Waals surface area contributed by atoms with Gasteiger partial charge in [-0.3, -0.25) is 9.69 Å². The van der Waals surface area contributed by atoms with Gasteiger partial charge < -0.3 is 9.84 Å². The molecule has 0 atom stereocenters. The number of ether oxygens (including phenoxy) is 1. The van der Waals surface area contributed by atoms with E-state index in [9.17, 15) is 9.90 Å². The molecule has 4 rings (SSSR count). The summed E-state index contributed by atoms with van der Waals surface area (Å²) in [6.07, 6.45) is 6.60. The molecular weight excluding hydrogens is 406 g/mol. The number of fused-ring (bicyclic) bond motifs is 1. The number of Topliss-reactive ketones (excluding diaryl/α,β-unsaturated/α-hetero) is 1. The maximum atomic E-state index is 12.8. The van der Waals surface area contributed by atoms with Crippen molar-refractivity contribution in [3.8, 4) is 11.5 Å². The van der Waals surface area contributed by atoms with Crippen molar-refractivity contribution in [1.82, 2.24) is 4.90 Å². The van der Waals surface area contributed by atoms with Crippen molar-refractivity contribution in [2.24, 2.45) is 0 Å². The van der Waals surface area contributed by atoms with E-state index in [1.165, 1.54) is 25.7 Å². The Bertz CT molecular complexity index is 881. The van der Waals surface area contributed by atoms with Crippen LogP contribution in [0.5, 0.6) is 11.5 Å². The number of rotatable bonds is 3. The Kier molecular flexibility index (Phi) is 5.32. The van der Waals surface area contributed by atoms with Crippen molar-refractivity contribution in [1.29, 1.82) is 0 Å². The van der Waals surface area contributed by atoms with Gasteiger partial charge in [-0.15, -0.1) is 0 Å². The van der Waals surface area contributed by atoms with Gasteiger partial charge in [-0.1, -0.05) is 40.9 Å². The summed E-state index contributed by atoms with van der Waals surface area (Å²) in [5.74, 6) is 0.864. The van der Waals surface area contributed by atoms with Crippen LogP contribution in [0.4, 0.5) is 0 Å². The Balaban J connectivity index is 1.63. The van der Waals surface area contributed by atoms with Gasteiger partial charge in [-0.25, -0.2) is 0 Å². The monoisotopic (exact) mass is 427 g/mol. The van der Waals surface area contributed by atoms with E-state index in [4.69, 9.17) is 4.74 Å². The number of carbonyl (C=O) groups excluding carboxylic acids is 1. The van der Waals surface area contributed by atoms with Crippen LogP contribution in [0, 0.1) is 0 Å². The van der Waals surface area contributed by atoms with Crippen LogP contribution in [0.3, 0.4) is 0 Å². The highest BCUT2D eigenvalue weighted by Gasteiger charge is 2.31. The molecule has 2 aromatic carbocycles. The third-order valence-electron chi connectivity index (χ3n) is 5.16. The zero-order chi connectivity index (χ0) is 18.8. The second-order valence-electron chi connectivity index (χ2n) is 7.12. The van der Waals surface area contributed by atoms with Crippen LogP contribution in [-0.2, 0) is 6.54 Å². The van der Waals surface area contributed by atoms with E-state index in [0.29, 0.717) is 29.2 Å². The fourth-order valence-electron chi connectivity index (χ4n) is 3.68. The second-order valence-corrected chi connectivity index (χ2v) is 8.04. The van der Waals surface area contributed by atoms with Gasteiger partial charge in [0.05, 0.1) is 11.1 Å². The second kappa shape index (κ2) is 7.87. The summed E-state index contributed by atoms with van der Waals surface area (Å²) < 4.78 is 6.93. The number of hydrogen-bond donors (Lipinski definition) is 1. The van der Waals surface area contributed by atoms with Crippen LogP contribution in [-0.4, -0.2) is 28.9 Å². The third-order valence-corrected chi connectivity index (χ3v) is 5.69. The van der Waals surface area contributed by atoms with Crippen molar-refractivity contribution in [2.75, 3.05) is 13.1 Å². The Morgan fingerprint density at radius 1 is 1.04 bits per heavy atom. The maximum Gasteiger partial charge on any atom is 0.231 e. The lowest BCUT2D eigenvalue weighted by Crippen LogP contribution is -2.24. The van der Waals surface area contributed by atoms with Crippen molar-refractivity contribution < 1.29 is 14.6 Å². The number of benzene rings is 2. The molecule has 0 saturated carbocycles. The molecular formula is C22H22BrNO3. The zero-order valence-electron chi connectivity index (χ0n) is 15.1. The number of halogens is 1. The van der Waals surface area contributed by atoms with E-state index in [1.807, 2.05) is 24.3 Å². The predicted molar refractivity (Wildman–Crippen MR) is 109 cm³/mol. The van der Waals surface area contributed by atoms with Crippen LogP contribution in [0.25, 0.3) is 6.08 Å². The predicted octanol–water partition coefficient (Wildman–Crippen LogP) is 5.15. The number of likely N-dealkylation sites (tertiary alicyclic amines) is 1. The average molecular weight is 428 g/mol. The highest BCUT2D eigenvalue weighted by molar-refractivity contribution is 9.10. The first-order chi connectivity index (χ1) is 13.1. The minimum Gasteiger partial charge on any atom is -0.507 e. The van der Waals surface area contributed by atoms with Crippen LogP contribution in [0.1, 0.15) is 47.2 Å². The summed E-state index contributed by atoms with van der Waals surface area (Å²) in [6, 6.07) is 11.0. The largest absolute Gasteiger partial charge is 0.507 e. The van der Waals surface area contributed by atoms with Gasteiger partial charge in [0.25, 0.3) is 0 Å². The van der Waals surface area contributed by atoms with Crippen molar-refractivity contribution in [2.45, 2.75) is 32.2 Å². The summed E-state index contributed by atoms with van der Waals surface area (Å²) in [7, 11) is 0. The molecule has 5 heteroatoms. The molecule has 0 radical (unpaired) electrons. The molecule has 1 saturated heterocycles. The molecule has 4 nitrogen and oxygen atoms in total. The standard InChI is InChI=1S/C22H22BrNO3/c23-16-7-5-15(6-8-16)13-20-21(26)17-9-10-19(25)18(22(17)27-20)14-24-11-3-1-2-4-12-24/h5-10,13,25H,1-4,11-12,14H2/b20-13-. The molecule has 0 spiro atoms. The molecule has 0 aliphatic carbocycles. The van der Waals surface area contributed by atoms with E-state index in [-0.39, 0.29) is 11.5 Å². The molecule has 140 valence electrons. The summed E-state index contributed by atoms with van der Waals surface area (Å²) in [5.41, 5.74) is 2.13. The zero-order valence-corrected chi connectivity index (χ0v) is 16.7. The van der Waals surface area contributed by atoms with E-state index in [1.54, 1.807) is 18.2 Å². The van der Waals surface area contributed by atoms with Gasteiger partial charge in [-0.2, -0.15) is 0 Å². The van der Waals surface area contributed by atoms with Crippen molar-refractivity contribution in [3.05, 3.63) is 63.3 Å². The normalized spacial score (nSPS) is 19.0. The first kappa shape index (κ1) is 18.3. The first-order valence-corrected chi connectivity index (χ1v) is 10.2. The fraction of sp³-hybridized carbons (Fsp3) is 0.318. The SMILES string of the molecule is O=C1/C(=C/c2ccc(Br)cc2)Oc2c1ccc(O)c2CN1CCCCCC1. The minimum absolute atomic E-state index is 0.134. The first-order valence-electron chi connectivity index (χ1n) is 9.39. The molecule has 1 fully saturated rings. The summed E-state index contributed by atoms with van der Waals surface area (Å²) in [4.78, 5) is 15.1. The lowest BCUT2D eigenvalue weighted by atomic mass is 10.0. The third kappa shape index (κ3) is 3.94. The van der Waals surface area contributed by atoms with Crippen LogP contribution in [0.2, 0.25) is 0 Å². The lowest BCUT2D eigenvalue weighted by Gasteiger charge is -2.21. The Hall–Kier alpha value is -2.11. The Morgan fingerprint density at radius 3 is 2.44 bits per heavy atom. The molecule has 0 amide bonds. The van der Waals surface area contributed by atoms with Gasteiger partial charge in [0.15, 0.2) is 5.76 Å². The quantitative estimate of drug-likeness (QED) is 0.688. The van der Waals surface area contributed by atoms with Gasteiger partial charge in [-0.05, 0) is 61.8 Å². The van der Waals surface area contributed by atoms with E-state index < -0.39 is 0 Å². The molecule has 0 aromatic heterocycles. The van der Waals surface area contributed by atoms with Gasteiger partial charge in [0.1, 0.15) is 11.5 Å². The van der Waals surface area contributed by atoms with Crippen molar-refractivity contribution >= 4 is 27.8 Å². The van der Waals surface area contributed by atoms with Crippen LogP contribution in [0.15, 0.2) is 46.6 Å². The van der Waals surface area contributed by atoms with Gasteiger partial charge in [0.2, 0.25) is 5.78 Å².